The zero-order valence-corrected chi connectivity index (χ0v) is 23.0. The zero-order valence-electron chi connectivity index (χ0n) is 21.4. The van der Waals surface area contributed by atoms with Gasteiger partial charge in [0.15, 0.2) is 0 Å². The first-order valence-electron chi connectivity index (χ1n) is 12.3. The number of hydrogen-bond acceptors (Lipinski definition) is 6. The van der Waals surface area contributed by atoms with Crippen molar-refractivity contribution in [1.82, 2.24) is 15.3 Å². The van der Waals surface area contributed by atoms with Gasteiger partial charge in [-0.15, -0.1) is 11.3 Å². The second kappa shape index (κ2) is 12.2. The number of halogens is 1. The van der Waals surface area contributed by atoms with Gasteiger partial charge in [0.1, 0.15) is 16.9 Å². The quantitative estimate of drug-likeness (QED) is 0.222. The van der Waals surface area contributed by atoms with Gasteiger partial charge in [0, 0.05) is 34.1 Å². The zero-order chi connectivity index (χ0) is 27.2. The Balaban J connectivity index is 1.41. The molecule has 0 saturated carbocycles. The van der Waals surface area contributed by atoms with Crippen molar-refractivity contribution in [3.8, 4) is 10.6 Å². The highest BCUT2D eigenvalue weighted by atomic mass is 35.5. The van der Waals surface area contributed by atoms with E-state index in [0.717, 1.165) is 38.8 Å². The minimum absolute atomic E-state index is 0.159. The van der Waals surface area contributed by atoms with E-state index in [1.54, 1.807) is 36.6 Å². The molecule has 2 aromatic carbocycles. The number of hydrogen-bond donors (Lipinski definition) is 3. The average Bonchev–Trinajstić information content (AvgIpc) is 3.36. The van der Waals surface area contributed by atoms with Gasteiger partial charge in [-0.1, -0.05) is 42.8 Å². The Morgan fingerprint density at radius 2 is 1.87 bits per heavy atom. The van der Waals surface area contributed by atoms with Gasteiger partial charge in [-0.2, -0.15) is 0 Å². The SMILES string of the molecule is CCc1cc(Cl)cc(C)c1C(=O)NC(Cc1ccc(-c2nc(CNc3cc(C)ccn3)cs2)cc1)C(=O)O. The number of amides is 1. The molecule has 0 spiro atoms. The first-order valence-corrected chi connectivity index (χ1v) is 13.5. The van der Waals surface area contributed by atoms with E-state index in [1.165, 1.54) is 0 Å². The minimum atomic E-state index is -1.09. The molecule has 4 aromatic rings. The summed E-state index contributed by atoms with van der Waals surface area (Å²) < 4.78 is 0. The van der Waals surface area contributed by atoms with Crippen LogP contribution in [0.15, 0.2) is 60.1 Å². The topological polar surface area (TPSA) is 104 Å². The van der Waals surface area contributed by atoms with E-state index in [4.69, 9.17) is 16.6 Å². The van der Waals surface area contributed by atoms with E-state index >= 15 is 0 Å². The molecule has 3 N–H and O–H groups in total. The number of carbonyl (C=O) groups excluding carboxylic acids is 1. The first-order chi connectivity index (χ1) is 18.2. The summed E-state index contributed by atoms with van der Waals surface area (Å²) in [5.74, 6) is -0.696. The molecular weight excluding hydrogens is 520 g/mol. The van der Waals surface area contributed by atoms with Crippen LogP contribution in [0.2, 0.25) is 5.02 Å². The molecule has 0 fully saturated rings. The van der Waals surface area contributed by atoms with Gasteiger partial charge < -0.3 is 15.7 Å². The Morgan fingerprint density at radius 3 is 2.55 bits per heavy atom. The summed E-state index contributed by atoms with van der Waals surface area (Å²) in [6.07, 6.45) is 2.54. The van der Waals surface area contributed by atoms with Crippen molar-refractivity contribution in [3.05, 3.63) is 98.6 Å². The lowest BCUT2D eigenvalue weighted by atomic mass is 9.98. The average molecular weight is 549 g/mol. The van der Waals surface area contributed by atoms with Crippen LogP contribution >= 0.6 is 22.9 Å². The number of benzene rings is 2. The predicted molar refractivity (Wildman–Crippen MR) is 152 cm³/mol. The van der Waals surface area contributed by atoms with Crippen LogP contribution in [-0.2, 0) is 24.2 Å². The van der Waals surface area contributed by atoms with Gasteiger partial charge in [-0.3, -0.25) is 4.79 Å². The van der Waals surface area contributed by atoms with Crippen molar-refractivity contribution < 1.29 is 14.7 Å². The van der Waals surface area contributed by atoms with Crippen molar-refractivity contribution in [3.63, 3.8) is 0 Å². The molecule has 1 atom stereocenters. The summed E-state index contributed by atoms with van der Waals surface area (Å²) in [5.41, 5.74) is 5.77. The molecule has 7 nitrogen and oxygen atoms in total. The molecule has 38 heavy (non-hydrogen) atoms. The van der Waals surface area contributed by atoms with Gasteiger partial charge in [0.05, 0.1) is 12.2 Å². The highest BCUT2D eigenvalue weighted by Crippen LogP contribution is 2.25. The van der Waals surface area contributed by atoms with Crippen LogP contribution in [-0.4, -0.2) is 33.0 Å². The molecule has 1 amide bonds. The van der Waals surface area contributed by atoms with Gasteiger partial charge in [-0.25, -0.2) is 14.8 Å². The van der Waals surface area contributed by atoms with Crippen molar-refractivity contribution in [2.75, 3.05) is 5.32 Å². The molecule has 196 valence electrons. The number of aliphatic carboxylic acids is 1. The van der Waals surface area contributed by atoms with E-state index in [0.29, 0.717) is 29.1 Å². The third kappa shape index (κ3) is 6.76. The number of thiazole rings is 1. The summed E-state index contributed by atoms with van der Waals surface area (Å²) in [6.45, 7) is 6.32. The van der Waals surface area contributed by atoms with E-state index in [2.05, 4.69) is 15.6 Å². The molecule has 2 aromatic heterocycles. The fourth-order valence-corrected chi connectivity index (χ4v) is 5.32. The number of pyridine rings is 1. The molecule has 0 bridgehead atoms. The molecule has 2 heterocycles. The molecule has 9 heteroatoms. The highest BCUT2D eigenvalue weighted by Gasteiger charge is 2.23. The van der Waals surface area contributed by atoms with Gasteiger partial charge >= 0.3 is 5.97 Å². The van der Waals surface area contributed by atoms with Crippen LogP contribution in [0.3, 0.4) is 0 Å². The molecular formula is C29H29ClN4O3S. The van der Waals surface area contributed by atoms with Crippen molar-refractivity contribution >= 4 is 40.6 Å². The fraction of sp³-hybridized carbons (Fsp3) is 0.241. The summed E-state index contributed by atoms with van der Waals surface area (Å²) in [5, 5.41) is 19.2. The van der Waals surface area contributed by atoms with Gasteiger partial charge in [0.2, 0.25) is 0 Å². The maximum Gasteiger partial charge on any atom is 0.326 e. The van der Waals surface area contributed by atoms with Crippen LogP contribution in [0, 0.1) is 13.8 Å². The van der Waals surface area contributed by atoms with Crippen molar-refractivity contribution in [2.24, 2.45) is 0 Å². The number of carboxylic acids is 1. The normalized spacial score (nSPS) is 11.7. The minimum Gasteiger partial charge on any atom is -0.480 e. The number of aryl methyl sites for hydroxylation is 3. The summed E-state index contributed by atoms with van der Waals surface area (Å²) in [7, 11) is 0. The summed E-state index contributed by atoms with van der Waals surface area (Å²) in [6, 6.07) is 13.9. The summed E-state index contributed by atoms with van der Waals surface area (Å²) in [4.78, 5) is 34.0. The van der Waals surface area contributed by atoms with Crippen LogP contribution in [0.1, 0.15) is 45.2 Å². The first kappa shape index (κ1) is 27.3. The molecule has 0 saturated heterocycles. The lowest BCUT2D eigenvalue weighted by Gasteiger charge is -2.18. The molecule has 0 aliphatic rings. The lowest BCUT2D eigenvalue weighted by Crippen LogP contribution is -2.42. The van der Waals surface area contributed by atoms with Crippen LogP contribution in [0.4, 0.5) is 5.82 Å². The molecule has 1 unspecified atom stereocenters. The van der Waals surface area contributed by atoms with Crippen molar-refractivity contribution in [1.29, 1.82) is 0 Å². The Labute approximate surface area is 230 Å². The van der Waals surface area contributed by atoms with E-state index in [9.17, 15) is 14.7 Å². The molecule has 0 radical (unpaired) electrons. The molecule has 4 rings (SSSR count). The fourth-order valence-electron chi connectivity index (χ4n) is 4.20. The number of anilines is 1. The maximum absolute atomic E-state index is 13.0. The Kier molecular flexibility index (Phi) is 8.76. The monoisotopic (exact) mass is 548 g/mol. The maximum atomic E-state index is 13.0. The number of nitrogens with one attached hydrogen (secondary N) is 2. The number of rotatable bonds is 10. The molecule has 0 aliphatic carbocycles. The van der Waals surface area contributed by atoms with Gasteiger partial charge in [0.25, 0.3) is 5.91 Å². The number of aromatic nitrogens is 2. The number of carbonyl (C=O) groups is 2. The second-order valence-electron chi connectivity index (χ2n) is 9.09. The van der Waals surface area contributed by atoms with E-state index in [1.807, 2.05) is 55.6 Å². The third-order valence-electron chi connectivity index (χ3n) is 6.15. The molecule has 0 aliphatic heterocycles. The van der Waals surface area contributed by atoms with Crippen molar-refractivity contribution in [2.45, 2.75) is 46.2 Å². The lowest BCUT2D eigenvalue weighted by molar-refractivity contribution is -0.139. The standard InChI is InChI=1S/C29H29ClN4O3S/c1-4-20-14-22(30)12-18(3)26(20)27(35)34-24(29(36)37)13-19-5-7-21(8-6-19)28-33-23(16-38-28)15-32-25-11-17(2)9-10-31-25/h5-12,14,16,24H,4,13,15H2,1-3H3,(H,31,32)(H,34,35)(H,36,37). The van der Waals surface area contributed by atoms with E-state index in [-0.39, 0.29) is 6.42 Å². The predicted octanol–water partition coefficient (Wildman–Crippen LogP) is 6.08. The van der Waals surface area contributed by atoms with E-state index < -0.39 is 17.9 Å². The van der Waals surface area contributed by atoms with Crippen LogP contribution in [0.5, 0.6) is 0 Å². The smallest absolute Gasteiger partial charge is 0.326 e. The Hall–Kier alpha value is -3.75. The van der Waals surface area contributed by atoms with Crippen LogP contribution < -0.4 is 10.6 Å². The number of carboxylic acid groups (broad SMARTS) is 1. The van der Waals surface area contributed by atoms with Gasteiger partial charge in [-0.05, 0) is 66.8 Å². The Morgan fingerprint density at radius 1 is 1.11 bits per heavy atom. The number of nitrogens with zero attached hydrogens (tertiary/aromatic N) is 2. The summed E-state index contributed by atoms with van der Waals surface area (Å²) >= 11 is 7.68. The highest BCUT2D eigenvalue weighted by molar-refractivity contribution is 7.13. The van der Waals surface area contributed by atoms with Crippen LogP contribution in [0.25, 0.3) is 10.6 Å². The third-order valence-corrected chi connectivity index (χ3v) is 7.31. The Bertz CT molecular complexity index is 1450. The second-order valence-corrected chi connectivity index (χ2v) is 10.4. The largest absolute Gasteiger partial charge is 0.480 e.